The number of halogens is 1. The molecule has 4 aromatic carbocycles. The molecule has 0 aliphatic rings. The van der Waals surface area contributed by atoms with Crippen LogP contribution in [-0.2, 0) is 32.6 Å². The van der Waals surface area contributed by atoms with Gasteiger partial charge in [-0.05, 0) is 59.7 Å². The number of benzene rings is 4. The number of hydrogen-bond acceptors (Lipinski definition) is 5. The molecule has 1 N–H and O–H groups in total. The van der Waals surface area contributed by atoms with Crippen LogP contribution in [0.25, 0.3) is 0 Å². The van der Waals surface area contributed by atoms with E-state index in [-0.39, 0.29) is 23.5 Å². The summed E-state index contributed by atoms with van der Waals surface area (Å²) in [5.74, 6) is -0.957. The fourth-order valence-corrected chi connectivity index (χ4v) is 5.94. The number of ether oxygens (including phenoxy) is 1. The first kappa shape index (κ1) is 30.3. The molecule has 0 radical (unpaired) electrons. The lowest BCUT2D eigenvalue weighted by Crippen LogP contribution is -2.53. The first-order valence-corrected chi connectivity index (χ1v) is 14.7. The highest BCUT2D eigenvalue weighted by molar-refractivity contribution is 7.92. The molecule has 2 amide bonds. The smallest absolute Gasteiger partial charge is 0.264 e. The Morgan fingerprint density at radius 1 is 0.833 bits per heavy atom. The minimum absolute atomic E-state index is 0.00541. The Balaban J connectivity index is 1.77. The summed E-state index contributed by atoms with van der Waals surface area (Å²) in [7, 11) is -1.22. The highest BCUT2D eigenvalue weighted by Gasteiger charge is 2.34. The van der Waals surface area contributed by atoms with E-state index >= 15 is 0 Å². The van der Waals surface area contributed by atoms with E-state index in [4.69, 9.17) is 4.74 Å². The van der Waals surface area contributed by atoms with Gasteiger partial charge >= 0.3 is 0 Å². The summed E-state index contributed by atoms with van der Waals surface area (Å²) < 4.78 is 47.7. The highest BCUT2D eigenvalue weighted by atomic mass is 32.2. The standard InChI is InChI=1S/C32H32FN3O5S/c1-34-32(38)30(21-24-9-5-3-6-10-24)35(22-25-13-15-26(33)16-14-25)31(37)23-36(27-17-19-28(41-2)20-18-27)42(39,40)29-11-7-4-8-12-29/h3-20,30H,21-23H2,1-2H3,(H,34,38). The molecule has 0 aliphatic carbocycles. The number of hydrogen-bond donors (Lipinski definition) is 1. The SMILES string of the molecule is CNC(=O)C(Cc1ccccc1)N(Cc1ccc(F)cc1)C(=O)CN(c1ccc(OC)cc1)S(=O)(=O)c1ccccc1. The average molecular weight is 590 g/mol. The molecule has 0 heterocycles. The van der Waals surface area contributed by atoms with Gasteiger partial charge in [0.05, 0.1) is 17.7 Å². The normalized spacial score (nSPS) is 11.8. The molecule has 0 aromatic heterocycles. The summed E-state index contributed by atoms with van der Waals surface area (Å²) in [5, 5.41) is 2.63. The first-order valence-electron chi connectivity index (χ1n) is 13.2. The van der Waals surface area contributed by atoms with E-state index in [0.29, 0.717) is 11.3 Å². The monoisotopic (exact) mass is 589 g/mol. The van der Waals surface area contributed by atoms with Crippen molar-refractivity contribution >= 4 is 27.5 Å². The largest absolute Gasteiger partial charge is 0.497 e. The Kier molecular flexibility index (Phi) is 9.93. The number of likely N-dealkylation sites (N-methyl/N-ethyl adjacent to an activating group) is 1. The lowest BCUT2D eigenvalue weighted by atomic mass is 10.0. The van der Waals surface area contributed by atoms with Crippen LogP contribution in [0.2, 0.25) is 0 Å². The zero-order valence-corrected chi connectivity index (χ0v) is 24.1. The van der Waals surface area contributed by atoms with Gasteiger partial charge in [0.2, 0.25) is 11.8 Å². The summed E-state index contributed by atoms with van der Waals surface area (Å²) in [6.07, 6.45) is 0.182. The second kappa shape index (κ2) is 13.8. The van der Waals surface area contributed by atoms with E-state index in [1.165, 1.54) is 55.5 Å². The van der Waals surface area contributed by atoms with Gasteiger partial charge in [0, 0.05) is 20.0 Å². The van der Waals surface area contributed by atoms with Crippen molar-refractivity contribution < 1.29 is 27.1 Å². The van der Waals surface area contributed by atoms with Crippen LogP contribution in [0.5, 0.6) is 5.75 Å². The molecule has 0 saturated heterocycles. The number of carbonyl (C=O) groups is 2. The molecule has 4 rings (SSSR count). The zero-order valence-electron chi connectivity index (χ0n) is 23.3. The van der Waals surface area contributed by atoms with Crippen LogP contribution in [0, 0.1) is 5.82 Å². The Morgan fingerprint density at radius 2 is 1.43 bits per heavy atom. The second-order valence-corrected chi connectivity index (χ2v) is 11.4. The highest BCUT2D eigenvalue weighted by Crippen LogP contribution is 2.27. The van der Waals surface area contributed by atoms with Crippen LogP contribution in [-0.4, -0.2) is 51.9 Å². The van der Waals surface area contributed by atoms with Gasteiger partial charge in [-0.2, -0.15) is 0 Å². The van der Waals surface area contributed by atoms with Gasteiger partial charge in [0.15, 0.2) is 0 Å². The fraction of sp³-hybridized carbons (Fsp3) is 0.188. The predicted octanol–water partition coefficient (Wildman–Crippen LogP) is 4.42. The fourth-order valence-electron chi connectivity index (χ4n) is 4.50. The number of carbonyl (C=O) groups excluding carboxylic acids is 2. The molecule has 42 heavy (non-hydrogen) atoms. The molecule has 0 saturated carbocycles. The van der Waals surface area contributed by atoms with Crippen molar-refractivity contribution in [3.63, 3.8) is 0 Å². The lowest BCUT2D eigenvalue weighted by Gasteiger charge is -2.33. The molecular formula is C32H32FN3O5S. The maximum absolute atomic E-state index is 14.2. The van der Waals surface area contributed by atoms with Crippen LogP contribution in [0.4, 0.5) is 10.1 Å². The van der Waals surface area contributed by atoms with Gasteiger partial charge in [-0.3, -0.25) is 13.9 Å². The summed E-state index contributed by atoms with van der Waals surface area (Å²) in [6.45, 7) is -0.640. The van der Waals surface area contributed by atoms with E-state index in [2.05, 4.69) is 5.32 Å². The van der Waals surface area contributed by atoms with Crippen LogP contribution >= 0.6 is 0 Å². The third-order valence-electron chi connectivity index (χ3n) is 6.75. The maximum atomic E-state index is 14.2. The van der Waals surface area contributed by atoms with Gasteiger partial charge in [-0.25, -0.2) is 12.8 Å². The van der Waals surface area contributed by atoms with Gasteiger partial charge in [0.25, 0.3) is 10.0 Å². The maximum Gasteiger partial charge on any atom is 0.264 e. The number of amides is 2. The molecule has 0 spiro atoms. The number of nitrogens with zero attached hydrogens (tertiary/aromatic N) is 2. The molecule has 0 fully saturated rings. The zero-order chi connectivity index (χ0) is 30.1. The number of methoxy groups -OCH3 is 1. The van der Waals surface area contributed by atoms with Gasteiger partial charge < -0.3 is 15.0 Å². The number of nitrogens with one attached hydrogen (secondary N) is 1. The molecule has 10 heteroatoms. The van der Waals surface area contributed by atoms with E-state index in [9.17, 15) is 22.4 Å². The Morgan fingerprint density at radius 3 is 2.00 bits per heavy atom. The minimum atomic E-state index is -4.20. The Bertz CT molecular complexity index is 1580. The average Bonchev–Trinajstić information content (AvgIpc) is 3.03. The van der Waals surface area contributed by atoms with Gasteiger partial charge in [-0.15, -0.1) is 0 Å². The quantitative estimate of drug-likeness (QED) is 0.264. The van der Waals surface area contributed by atoms with Gasteiger partial charge in [-0.1, -0.05) is 60.7 Å². The van der Waals surface area contributed by atoms with E-state index in [1.807, 2.05) is 30.3 Å². The summed E-state index contributed by atoms with van der Waals surface area (Å²) in [5.41, 5.74) is 1.63. The second-order valence-electron chi connectivity index (χ2n) is 9.49. The van der Waals surface area contributed by atoms with E-state index < -0.39 is 40.2 Å². The third kappa shape index (κ3) is 7.32. The van der Waals surface area contributed by atoms with Crippen LogP contribution in [0.3, 0.4) is 0 Å². The van der Waals surface area contributed by atoms with Crippen molar-refractivity contribution in [3.05, 3.63) is 126 Å². The molecule has 8 nitrogen and oxygen atoms in total. The molecule has 0 aliphatic heterocycles. The Hall–Kier alpha value is -4.70. The Labute approximate surface area is 245 Å². The summed E-state index contributed by atoms with van der Waals surface area (Å²) in [6, 6.07) is 27.9. The van der Waals surface area contributed by atoms with Crippen molar-refractivity contribution in [3.8, 4) is 5.75 Å². The van der Waals surface area contributed by atoms with E-state index in [0.717, 1.165) is 9.87 Å². The molecule has 0 bridgehead atoms. The number of sulfonamides is 1. The minimum Gasteiger partial charge on any atom is -0.497 e. The predicted molar refractivity (Wildman–Crippen MR) is 159 cm³/mol. The first-order chi connectivity index (χ1) is 20.2. The van der Waals surface area contributed by atoms with Crippen molar-refractivity contribution in [1.82, 2.24) is 10.2 Å². The van der Waals surface area contributed by atoms with Crippen molar-refractivity contribution in [2.24, 2.45) is 0 Å². The van der Waals surface area contributed by atoms with Crippen molar-refractivity contribution in [1.29, 1.82) is 0 Å². The van der Waals surface area contributed by atoms with Crippen molar-refractivity contribution in [2.45, 2.75) is 23.9 Å². The molecule has 1 unspecified atom stereocenters. The lowest BCUT2D eigenvalue weighted by molar-refractivity contribution is -0.139. The van der Waals surface area contributed by atoms with Crippen LogP contribution in [0.15, 0.2) is 114 Å². The third-order valence-corrected chi connectivity index (χ3v) is 8.54. The number of rotatable bonds is 12. The van der Waals surface area contributed by atoms with Crippen molar-refractivity contribution in [2.75, 3.05) is 25.0 Å². The molecule has 4 aromatic rings. The summed E-state index contributed by atoms with van der Waals surface area (Å²) in [4.78, 5) is 28.8. The number of anilines is 1. The van der Waals surface area contributed by atoms with E-state index in [1.54, 1.807) is 42.5 Å². The van der Waals surface area contributed by atoms with Crippen LogP contribution in [0.1, 0.15) is 11.1 Å². The molecular weight excluding hydrogens is 557 g/mol. The summed E-state index contributed by atoms with van der Waals surface area (Å²) >= 11 is 0. The van der Waals surface area contributed by atoms with Gasteiger partial charge in [0.1, 0.15) is 24.2 Å². The van der Waals surface area contributed by atoms with Crippen LogP contribution < -0.4 is 14.4 Å². The molecule has 218 valence electrons. The molecule has 1 atom stereocenters. The topological polar surface area (TPSA) is 96.0 Å².